The number of nitro groups is 1. The summed E-state index contributed by atoms with van der Waals surface area (Å²) in [6.07, 6.45) is 4.02. The van der Waals surface area contributed by atoms with Crippen molar-refractivity contribution in [3.05, 3.63) is 64.2 Å². The summed E-state index contributed by atoms with van der Waals surface area (Å²) in [4.78, 5) is 21.9. The molecule has 0 spiro atoms. The molecule has 0 aliphatic carbocycles. The number of carbonyl (C=O) groups is 1. The van der Waals surface area contributed by atoms with E-state index in [9.17, 15) is 23.3 Å². The maximum Gasteiger partial charge on any atom is 0.338 e. The van der Waals surface area contributed by atoms with Gasteiger partial charge in [-0.1, -0.05) is 26.2 Å². The molecule has 0 heterocycles. The molecule has 0 bridgehead atoms. The zero-order valence-corrected chi connectivity index (χ0v) is 16.3. The molecule has 0 unspecified atom stereocenters. The summed E-state index contributed by atoms with van der Waals surface area (Å²) >= 11 is 0. The monoisotopic (exact) mass is 406 g/mol. The van der Waals surface area contributed by atoms with E-state index in [0.29, 0.717) is 12.2 Å². The normalized spacial score (nSPS) is 11.0. The maximum atomic E-state index is 12.4. The van der Waals surface area contributed by atoms with Gasteiger partial charge < -0.3 is 4.74 Å². The van der Waals surface area contributed by atoms with E-state index in [1.54, 1.807) is 0 Å². The van der Waals surface area contributed by atoms with Crippen molar-refractivity contribution in [2.75, 3.05) is 11.3 Å². The average Bonchev–Trinajstić information content (AvgIpc) is 2.68. The van der Waals surface area contributed by atoms with E-state index >= 15 is 0 Å². The molecule has 1 N–H and O–H groups in total. The molecule has 0 amide bonds. The van der Waals surface area contributed by atoms with Gasteiger partial charge in [0, 0.05) is 17.8 Å². The van der Waals surface area contributed by atoms with Crippen LogP contribution in [-0.2, 0) is 14.8 Å². The maximum absolute atomic E-state index is 12.4. The number of rotatable bonds is 10. The number of non-ortho nitro benzene ring substituents is 1. The van der Waals surface area contributed by atoms with E-state index in [4.69, 9.17) is 4.74 Å². The third kappa shape index (κ3) is 6.05. The van der Waals surface area contributed by atoms with Crippen molar-refractivity contribution in [1.29, 1.82) is 0 Å². The van der Waals surface area contributed by atoms with Crippen molar-refractivity contribution >= 4 is 27.4 Å². The number of ether oxygens (including phenoxy) is 1. The van der Waals surface area contributed by atoms with Gasteiger partial charge in [-0.05, 0) is 42.8 Å². The minimum atomic E-state index is -3.90. The molecule has 28 heavy (non-hydrogen) atoms. The molecule has 0 fully saturated rings. The number of unbranched alkanes of at least 4 members (excludes halogenated alkanes) is 3. The van der Waals surface area contributed by atoms with Crippen LogP contribution in [0.2, 0.25) is 0 Å². The molecule has 0 aliphatic rings. The highest BCUT2D eigenvalue weighted by Crippen LogP contribution is 2.20. The van der Waals surface area contributed by atoms with Gasteiger partial charge in [0.05, 0.1) is 22.0 Å². The predicted molar refractivity (Wildman–Crippen MR) is 105 cm³/mol. The predicted octanol–water partition coefficient (Wildman–Crippen LogP) is 4.13. The average molecular weight is 406 g/mol. The SMILES string of the molecule is CCCCCCOC(=O)c1ccc(NS(=O)(=O)c2ccc([N+](=O)[O-])cc2)cc1. The van der Waals surface area contributed by atoms with E-state index in [0.717, 1.165) is 49.9 Å². The van der Waals surface area contributed by atoms with Crippen LogP contribution < -0.4 is 4.72 Å². The molecule has 150 valence electrons. The molecular formula is C19H22N2O6S. The van der Waals surface area contributed by atoms with Crippen LogP contribution in [0.3, 0.4) is 0 Å². The number of esters is 1. The van der Waals surface area contributed by atoms with Crippen molar-refractivity contribution in [1.82, 2.24) is 0 Å². The molecule has 0 saturated heterocycles. The second-order valence-corrected chi connectivity index (χ2v) is 7.81. The first-order valence-electron chi connectivity index (χ1n) is 8.88. The first-order chi connectivity index (χ1) is 13.3. The second-order valence-electron chi connectivity index (χ2n) is 6.13. The molecule has 0 saturated carbocycles. The van der Waals surface area contributed by atoms with Crippen LogP contribution in [0.4, 0.5) is 11.4 Å². The highest BCUT2D eigenvalue weighted by Gasteiger charge is 2.16. The van der Waals surface area contributed by atoms with Crippen molar-refractivity contribution < 1.29 is 22.9 Å². The zero-order valence-electron chi connectivity index (χ0n) is 15.5. The molecule has 8 nitrogen and oxygen atoms in total. The minimum absolute atomic E-state index is 0.103. The number of nitrogens with one attached hydrogen (secondary N) is 1. The van der Waals surface area contributed by atoms with Crippen LogP contribution in [-0.4, -0.2) is 25.9 Å². The van der Waals surface area contributed by atoms with Gasteiger partial charge in [-0.3, -0.25) is 14.8 Å². The number of hydrogen-bond acceptors (Lipinski definition) is 6. The van der Waals surface area contributed by atoms with E-state index in [-0.39, 0.29) is 16.3 Å². The van der Waals surface area contributed by atoms with Gasteiger partial charge in [0.1, 0.15) is 0 Å². The molecule has 0 radical (unpaired) electrons. The van der Waals surface area contributed by atoms with Crippen molar-refractivity contribution in [2.45, 2.75) is 37.5 Å². The number of benzene rings is 2. The topological polar surface area (TPSA) is 116 Å². The lowest BCUT2D eigenvalue weighted by atomic mass is 10.2. The Labute approximate surface area is 163 Å². The van der Waals surface area contributed by atoms with Gasteiger partial charge in [-0.2, -0.15) is 0 Å². The van der Waals surface area contributed by atoms with Crippen molar-refractivity contribution in [3.63, 3.8) is 0 Å². The van der Waals surface area contributed by atoms with E-state index < -0.39 is 20.9 Å². The first-order valence-corrected chi connectivity index (χ1v) is 10.4. The standard InChI is InChI=1S/C19H22N2O6S/c1-2-3-4-5-14-27-19(22)15-6-8-16(9-7-15)20-28(25,26)18-12-10-17(11-13-18)21(23)24/h6-13,20H,2-5,14H2,1H3. The summed E-state index contributed by atoms with van der Waals surface area (Å²) in [6.45, 7) is 2.46. The molecule has 0 aromatic heterocycles. The van der Waals surface area contributed by atoms with Crippen LogP contribution in [0.15, 0.2) is 53.4 Å². The lowest BCUT2D eigenvalue weighted by Crippen LogP contribution is -2.13. The largest absolute Gasteiger partial charge is 0.462 e. The second kappa shape index (κ2) is 9.84. The van der Waals surface area contributed by atoms with Gasteiger partial charge in [0.25, 0.3) is 15.7 Å². The molecule has 2 aromatic carbocycles. The lowest BCUT2D eigenvalue weighted by Gasteiger charge is -2.09. The van der Waals surface area contributed by atoms with Crippen LogP contribution in [0.1, 0.15) is 43.0 Å². The molecular weight excluding hydrogens is 384 g/mol. The van der Waals surface area contributed by atoms with Crippen molar-refractivity contribution in [3.8, 4) is 0 Å². The quantitative estimate of drug-likeness (QED) is 0.274. The highest BCUT2D eigenvalue weighted by atomic mass is 32.2. The fourth-order valence-electron chi connectivity index (χ4n) is 2.41. The zero-order chi connectivity index (χ0) is 20.6. The third-order valence-electron chi connectivity index (χ3n) is 3.96. The summed E-state index contributed by atoms with van der Waals surface area (Å²) in [5, 5.41) is 10.7. The number of nitro benzene ring substituents is 1. The molecule has 0 aliphatic heterocycles. The van der Waals surface area contributed by atoms with Gasteiger partial charge in [0.15, 0.2) is 0 Å². The Balaban J connectivity index is 1.97. The smallest absolute Gasteiger partial charge is 0.338 e. The number of sulfonamides is 1. The third-order valence-corrected chi connectivity index (χ3v) is 5.36. The fraction of sp³-hybridized carbons (Fsp3) is 0.316. The van der Waals surface area contributed by atoms with Crippen LogP contribution in [0.25, 0.3) is 0 Å². The molecule has 2 aromatic rings. The Morgan fingerprint density at radius 1 is 1.04 bits per heavy atom. The fourth-order valence-corrected chi connectivity index (χ4v) is 3.47. The number of carbonyl (C=O) groups excluding carboxylic acids is 1. The Morgan fingerprint density at radius 3 is 2.25 bits per heavy atom. The number of hydrogen-bond donors (Lipinski definition) is 1. The molecule has 0 atom stereocenters. The lowest BCUT2D eigenvalue weighted by molar-refractivity contribution is -0.384. The summed E-state index contributed by atoms with van der Waals surface area (Å²) in [5.74, 6) is -0.457. The summed E-state index contributed by atoms with van der Waals surface area (Å²) in [5.41, 5.74) is 0.392. The van der Waals surface area contributed by atoms with E-state index in [2.05, 4.69) is 11.6 Å². The summed E-state index contributed by atoms with van der Waals surface area (Å²) in [7, 11) is -3.90. The molecule has 2 rings (SSSR count). The van der Waals surface area contributed by atoms with Crippen LogP contribution in [0.5, 0.6) is 0 Å². The number of nitrogens with zero attached hydrogens (tertiary/aromatic N) is 1. The Morgan fingerprint density at radius 2 is 1.68 bits per heavy atom. The Kier molecular flexibility index (Phi) is 7.51. The first kappa shape index (κ1) is 21.4. The number of anilines is 1. The van der Waals surface area contributed by atoms with Crippen LogP contribution in [0, 0.1) is 10.1 Å². The van der Waals surface area contributed by atoms with Gasteiger partial charge in [0.2, 0.25) is 0 Å². The van der Waals surface area contributed by atoms with Gasteiger partial charge >= 0.3 is 5.97 Å². The minimum Gasteiger partial charge on any atom is -0.462 e. The van der Waals surface area contributed by atoms with Gasteiger partial charge in [-0.25, -0.2) is 13.2 Å². The summed E-state index contributed by atoms with van der Waals surface area (Å²) < 4.78 is 32.3. The van der Waals surface area contributed by atoms with E-state index in [1.165, 1.54) is 24.3 Å². The van der Waals surface area contributed by atoms with Crippen LogP contribution >= 0.6 is 0 Å². The Bertz CT molecular complexity index is 908. The highest BCUT2D eigenvalue weighted by molar-refractivity contribution is 7.92. The van der Waals surface area contributed by atoms with E-state index in [1.807, 2.05) is 0 Å². The Hall–Kier alpha value is -2.94. The summed E-state index contributed by atoms with van der Waals surface area (Å²) in [6, 6.07) is 10.4. The molecule has 9 heteroatoms. The van der Waals surface area contributed by atoms with Crippen molar-refractivity contribution in [2.24, 2.45) is 0 Å². The van der Waals surface area contributed by atoms with Gasteiger partial charge in [-0.15, -0.1) is 0 Å².